The van der Waals surface area contributed by atoms with Gasteiger partial charge < -0.3 is 4.42 Å². The number of carbonyl (C=O) groups is 1. The quantitative estimate of drug-likeness (QED) is 0.781. The molecule has 0 aliphatic carbocycles. The Hall–Kier alpha value is -2.04. The molecule has 0 aliphatic rings. The van der Waals surface area contributed by atoms with Crippen LogP contribution in [0.3, 0.4) is 0 Å². The Kier molecular flexibility index (Phi) is 3.23. The number of halogens is 3. The summed E-state index contributed by atoms with van der Waals surface area (Å²) in [6, 6.07) is 6.32. The minimum Gasteiger partial charge on any atom is -0.472 e. The van der Waals surface area contributed by atoms with Gasteiger partial charge in [0.25, 0.3) is 0 Å². The largest absolute Gasteiger partial charge is 0.472 e. The smallest absolute Gasteiger partial charge is 0.417 e. The van der Waals surface area contributed by atoms with E-state index in [4.69, 9.17) is 4.42 Å². The van der Waals surface area contributed by atoms with Crippen LogP contribution in [-0.4, -0.2) is 5.78 Å². The molecule has 0 atom stereocenters. The molecule has 0 unspecified atom stereocenters. The van der Waals surface area contributed by atoms with Gasteiger partial charge in [0.2, 0.25) is 0 Å². The van der Waals surface area contributed by atoms with Crippen LogP contribution >= 0.6 is 0 Å². The number of hydrogen-bond donors (Lipinski definition) is 0. The van der Waals surface area contributed by atoms with E-state index < -0.39 is 17.5 Å². The van der Waals surface area contributed by atoms with Crippen molar-refractivity contribution in [3.05, 3.63) is 59.5 Å². The molecule has 0 N–H and O–H groups in total. The summed E-state index contributed by atoms with van der Waals surface area (Å²) in [4.78, 5) is 11.8. The molecule has 0 spiro atoms. The van der Waals surface area contributed by atoms with Gasteiger partial charge in [-0.3, -0.25) is 4.79 Å². The number of Topliss-reactive ketones (excluding diaryl/α,β-unsaturated/α-hetero) is 1. The number of alkyl halides is 3. The molecule has 0 amide bonds. The fourth-order valence-corrected chi connectivity index (χ4v) is 1.65. The molecular formula is C13H9F3O2. The van der Waals surface area contributed by atoms with Crippen LogP contribution in [0.4, 0.5) is 13.2 Å². The standard InChI is InChI=1S/C13H9F3O2/c14-13(15,16)11-4-2-1-3-10(11)12(17)7-9-5-6-18-8-9/h1-6,8H,7H2. The Balaban J connectivity index is 2.31. The van der Waals surface area contributed by atoms with Crippen molar-refractivity contribution in [2.24, 2.45) is 0 Å². The molecule has 0 radical (unpaired) electrons. The number of benzene rings is 1. The normalized spacial score (nSPS) is 11.5. The lowest BCUT2D eigenvalue weighted by molar-refractivity contribution is -0.137. The lowest BCUT2D eigenvalue weighted by atomic mass is 9.99. The van der Waals surface area contributed by atoms with E-state index in [1.54, 1.807) is 6.07 Å². The first-order chi connectivity index (χ1) is 8.48. The second-order valence-electron chi connectivity index (χ2n) is 3.77. The number of carbonyl (C=O) groups excluding carboxylic acids is 1. The molecule has 1 heterocycles. The molecule has 18 heavy (non-hydrogen) atoms. The fourth-order valence-electron chi connectivity index (χ4n) is 1.65. The molecule has 2 rings (SSSR count). The van der Waals surface area contributed by atoms with Crippen molar-refractivity contribution in [3.63, 3.8) is 0 Å². The van der Waals surface area contributed by atoms with Crippen LogP contribution in [0, 0.1) is 0 Å². The predicted molar refractivity (Wildman–Crippen MR) is 58.2 cm³/mol. The Morgan fingerprint density at radius 1 is 1.17 bits per heavy atom. The number of furan rings is 1. The maximum absolute atomic E-state index is 12.7. The molecular weight excluding hydrogens is 245 g/mol. The summed E-state index contributed by atoms with van der Waals surface area (Å²) in [6.07, 6.45) is -1.92. The molecule has 0 saturated carbocycles. The molecule has 5 heteroatoms. The third-order valence-electron chi connectivity index (χ3n) is 2.48. The van der Waals surface area contributed by atoms with E-state index in [9.17, 15) is 18.0 Å². The average Bonchev–Trinajstić information content (AvgIpc) is 2.80. The van der Waals surface area contributed by atoms with Crippen molar-refractivity contribution < 1.29 is 22.4 Å². The molecule has 0 bridgehead atoms. The molecule has 0 aliphatic heterocycles. The van der Waals surface area contributed by atoms with Crippen molar-refractivity contribution in [2.45, 2.75) is 12.6 Å². The minimum absolute atomic E-state index is 0.108. The van der Waals surface area contributed by atoms with Crippen molar-refractivity contribution >= 4 is 5.78 Å². The summed E-state index contributed by atoms with van der Waals surface area (Å²) in [5.74, 6) is -0.579. The van der Waals surface area contributed by atoms with Crippen LogP contribution in [0.1, 0.15) is 21.5 Å². The Labute approximate surface area is 101 Å². The molecule has 1 aromatic heterocycles. The topological polar surface area (TPSA) is 30.2 Å². The maximum Gasteiger partial charge on any atom is 0.417 e. The molecule has 1 aromatic carbocycles. The maximum atomic E-state index is 12.7. The van der Waals surface area contributed by atoms with E-state index in [0.29, 0.717) is 5.56 Å². The van der Waals surface area contributed by atoms with Crippen molar-refractivity contribution in [1.82, 2.24) is 0 Å². The van der Waals surface area contributed by atoms with Crippen molar-refractivity contribution in [3.8, 4) is 0 Å². The fraction of sp³-hybridized carbons (Fsp3) is 0.154. The highest BCUT2D eigenvalue weighted by atomic mass is 19.4. The van der Waals surface area contributed by atoms with Gasteiger partial charge in [-0.15, -0.1) is 0 Å². The third-order valence-corrected chi connectivity index (χ3v) is 2.48. The van der Waals surface area contributed by atoms with Crippen LogP contribution in [0.15, 0.2) is 47.3 Å². The molecule has 0 saturated heterocycles. The van der Waals surface area contributed by atoms with Gasteiger partial charge in [-0.05, 0) is 17.7 Å². The first-order valence-electron chi connectivity index (χ1n) is 5.19. The SMILES string of the molecule is O=C(Cc1ccoc1)c1ccccc1C(F)(F)F. The monoisotopic (exact) mass is 254 g/mol. The molecule has 0 fully saturated rings. The average molecular weight is 254 g/mol. The van der Waals surface area contributed by atoms with Crippen LogP contribution in [0.25, 0.3) is 0 Å². The molecule has 94 valence electrons. The van der Waals surface area contributed by atoms with Gasteiger partial charge in [0, 0.05) is 12.0 Å². The highest BCUT2D eigenvalue weighted by molar-refractivity contribution is 5.98. The number of rotatable bonds is 3. The lowest BCUT2D eigenvalue weighted by Gasteiger charge is -2.11. The number of hydrogen-bond acceptors (Lipinski definition) is 2. The van der Waals surface area contributed by atoms with E-state index in [1.165, 1.54) is 30.7 Å². The van der Waals surface area contributed by atoms with E-state index in [-0.39, 0.29) is 12.0 Å². The van der Waals surface area contributed by atoms with E-state index >= 15 is 0 Å². The van der Waals surface area contributed by atoms with Gasteiger partial charge in [-0.1, -0.05) is 18.2 Å². The van der Waals surface area contributed by atoms with E-state index in [0.717, 1.165) is 6.07 Å². The highest BCUT2D eigenvalue weighted by Crippen LogP contribution is 2.32. The lowest BCUT2D eigenvalue weighted by Crippen LogP contribution is -2.14. The Bertz CT molecular complexity index is 542. The Morgan fingerprint density at radius 3 is 2.50 bits per heavy atom. The van der Waals surface area contributed by atoms with Crippen LogP contribution in [-0.2, 0) is 12.6 Å². The zero-order chi connectivity index (χ0) is 13.2. The highest BCUT2D eigenvalue weighted by Gasteiger charge is 2.34. The second kappa shape index (κ2) is 4.68. The van der Waals surface area contributed by atoms with Gasteiger partial charge in [-0.25, -0.2) is 0 Å². The van der Waals surface area contributed by atoms with Gasteiger partial charge in [0.05, 0.1) is 18.1 Å². The minimum atomic E-state index is -4.53. The van der Waals surface area contributed by atoms with Gasteiger partial charge >= 0.3 is 6.18 Å². The summed E-state index contributed by atoms with van der Waals surface area (Å²) >= 11 is 0. The summed E-state index contributed by atoms with van der Waals surface area (Å²) in [5.41, 5.74) is -0.665. The van der Waals surface area contributed by atoms with Gasteiger partial charge in [-0.2, -0.15) is 13.2 Å². The zero-order valence-corrected chi connectivity index (χ0v) is 9.20. The zero-order valence-electron chi connectivity index (χ0n) is 9.20. The second-order valence-corrected chi connectivity index (χ2v) is 3.77. The van der Waals surface area contributed by atoms with Crippen LogP contribution in [0.5, 0.6) is 0 Å². The molecule has 2 nitrogen and oxygen atoms in total. The number of ketones is 1. The van der Waals surface area contributed by atoms with Gasteiger partial charge in [0.1, 0.15) is 0 Å². The van der Waals surface area contributed by atoms with Crippen LogP contribution < -0.4 is 0 Å². The predicted octanol–water partition coefficient (Wildman–Crippen LogP) is 3.72. The first kappa shape index (κ1) is 12.4. The molecule has 2 aromatic rings. The van der Waals surface area contributed by atoms with E-state index in [1.807, 2.05) is 0 Å². The van der Waals surface area contributed by atoms with Crippen LogP contribution in [0.2, 0.25) is 0 Å². The summed E-state index contributed by atoms with van der Waals surface area (Å²) in [7, 11) is 0. The first-order valence-corrected chi connectivity index (χ1v) is 5.19. The van der Waals surface area contributed by atoms with Crippen molar-refractivity contribution in [1.29, 1.82) is 0 Å². The Morgan fingerprint density at radius 2 is 1.89 bits per heavy atom. The summed E-state index contributed by atoms with van der Waals surface area (Å²) in [5, 5.41) is 0. The van der Waals surface area contributed by atoms with Gasteiger partial charge in [0.15, 0.2) is 5.78 Å². The third kappa shape index (κ3) is 2.61. The van der Waals surface area contributed by atoms with E-state index in [2.05, 4.69) is 0 Å². The van der Waals surface area contributed by atoms with Crippen molar-refractivity contribution in [2.75, 3.05) is 0 Å². The summed E-state index contributed by atoms with van der Waals surface area (Å²) in [6.45, 7) is 0. The summed E-state index contributed by atoms with van der Waals surface area (Å²) < 4.78 is 42.9.